The third-order valence-corrected chi connectivity index (χ3v) is 3.97. The number of rotatable bonds is 3. The molecule has 2 amide bonds. The Morgan fingerprint density at radius 3 is 2.22 bits per heavy atom. The van der Waals surface area contributed by atoms with Gasteiger partial charge >= 0.3 is 12.0 Å². The van der Waals surface area contributed by atoms with Crippen LogP contribution in [0.1, 0.15) is 47.0 Å². The highest BCUT2D eigenvalue weighted by Crippen LogP contribution is 2.29. The Morgan fingerprint density at radius 1 is 1.33 bits per heavy atom. The maximum Gasteiger partial charge on any atom is 0.329 e. The molecule has 0 bridgehead atoms. The van der Waals surface area contributed by atoms with Crippen LogP contribution >= 0.6 is 0 Å². The number of nitrogens with zero attached hydrogens (tertiary/aromatic N) is 1. The van der Waals surface area contributed by atoms with Gasteiger partial charge in [-0.1, -0.05) is 20.8 Å². The minimum absolute atomic E-state index is 0.266. The minimum Gasteiger partial charge on any atom is -0.480 e. The van der Waals surface area contributed by atoms with E-state index >= 15 is 0 Å². The Labute approximate surface area is 109 Å². The van der Waals surface area contributed by atoms with Crippen molar-refractivity contribution in [3.8, 4) is 0 Å². The first-order valence-corrected chi connectivity index (χ1v) is 6.51. The Bertz CT molecular complexity index is 331. The fraction of sp³-hybridized carbons (Fsp3) is 0.846. The van der Waals surface area contributed by atoms with Crippen molar-refractivity contribution in [2.45, 2.75) is 52.5 Å². The lowest BCUT2D eigenvalue weighted by Gasteiger charge is -2.38. The maximum absolute atomic E-state index is 12.0. The van der Waals surface area contributed by atoms with Gasteiger partial charge in [0.2, 0.25) is 0 Å². The molecule has 1 heterocycles. The molecule has 1 fully saturated rings. The molecule has 1 atom stereocenters. The van der Waals surface area contributed by atoms with Crippen molar-refractivity contribution >= 4 is 12.0 Å². The van der Waals surface area contributed by atoms with Crippen LogP contribution in [0.3, 0.4) is 0 Å². The fourth-order valence-corrected chi connectivity index (χ4v) is 1.92. The maximum atomic E-state index is 12.0. The van der Waals surface area contributed by atoms with E-state index in [1.165, 1.54) is 0 Å². The molecular weight excluding hydrogens is 232 g/mol. The zero-order valence-electron chi connectivity index (χ0n) is 11.7. The molecule has 0 aromatic rings. The molecule has 1 aliphatic heterocycles. The number of likely N-dealkylation sites (tertiary alicyclic amines) is 1. The van der Waals surface area contributed by atoms with Gasteiger partial charge in [-0.3, -0.25) is 0 Å². The van der Waals surface area contributed by atoms with Gasteiger partial charge in [-0.25, -0.2) is 9.59 Å². The van der Waals surface area contributed by atoms with Crippen molar-refractivity contribution in [3.05, 3.63) is 0 Å². The van der Waals surface area contributed by atoms with E-state index in [0.717, 1.165) is 12.8 Å². The molecule has 0 spiro atoms. The zero-order chi connectivity index (χ0) is 14.0. The summed E-state index contributed by atoms with van der Waals surface area (Å²) in [6.07, 6.45) is 2.28. The third-order valence-electron chi connectivity index (χ3n) is 3.97. The monoisotopic (exact) mass is 256 g/mol. The normalized spacial score (nSPS) is 22.1. The third kappa shape index (κ3) is 3.37. The van der Waals surface area contributed by atoms with Crippen LogP contribution in [0.4, 0.5) is 4.79 Å². The summed E-state index contributed by atoms with van der Waals surface area (Å²) in [5.74, 6) is -0.990. The van der Waals surface area contributed by atoms with Gasteiger partial charge in [-0.15, -0.1) is 0 Å². The lowest BCUT2D eigenvalue weighted by Crippen LogP contribution is -2.57. The van der Waals surface area contributed by atoms with E-state index in [4.69, 9.17) is 5.11 Å². The lowest BCUT2D eigenvalue weighted by molar-refractivity contribution is -0.143. The largest absolute Gasteiger partial charge is 0.480 e. The molecule has 18 heavy (non-hydrogen) atoms. The van der Waals surface area contributed by atoms with E-state index in [0.29, 0.717) is 19.5 Å². The number of urea groups is 1. The second-order valence-corrected chi connectivity index (χ2v) is 6.07. The van der Waals surface area contributed by atoms with Gasteiger partial charge in [0.05, 0.1) is 0 Å². The summed E-state index contributed by atoms with van der Waals surface area (Å²) in [5.41, 5.74) is -0.901. The summed E-state index contributed by atoms with van der Waals surface area (Å²) in [5, 5.41) is 11.8. The second-order valence-electron chi connectivity index (χ2n) is 6.07. The minimum atomic E-state index is -1.18. The molecule has 1 saturated heterocycles. The summed E-state index contributed by atoms with van der Waals surface area (Å²) in [6.45, 7) is 9.07. The SMILES string of the molecule is CCC(C)(NC(=O)N1CCC(C)(C)CC1)C(=O)O. The van der Waals surface area contributed by atoms with Gasteiger partial charge < -0.3 is 15.3 Å². The molecule has 0 radical (unpaired) electrons. The Kier molecular flexibility index (Phi) is 4.24. The van der Waals surface area contributed by atoms with Crippen molar-refractivity contribution in [2.24, 2.45) is 5.41 Å². The Hall–Kier alpha value is -1.26. The predicted molar refractivity (Wildman–Crippen MR) is 69.5 cm³/mol. The highest BCUT2D eigenvalue weighted by Gasteiger charge is 2.35. The van der Waals surface area contributed by atoms with Crippen LogP contribution in [0.5, 0.6) is 0 Å². The number of nitrogens with one attached hydrogen (secondary N) is 1. The van der Waals surface area contributed by atoms with Crippen LogP contribution in [0.15, 0.2) is 0 Å². The number of amides is 2. The zero-order valence-corrected chi connectivity index (χ0v) is 11.7. The van der Waals surface area contributed by atoms with E-state index in [2.05, 4.69) is 19.2 Å². The van der Waals surface area contributed by atoms with Crippen molar-refractivity contribution in [1.82, 2.24) is 10.2 Å². The standard InChI is InChI=1S/C13H24N2O3/c1-5-13(4,10(16)17)14-11(18)15-8-6-12(2,3)7-9-15/h5-9H2,1-4H3,(H,14,18)(H,16,17). The van der Waals surface area contributed by atoms with Crippen LogP contribution < -0.4 is 5.32 Å². The number of piperidine rings is 1. The molecular formula is C13H24N2O3. The number of carboxylic acid groups (broad SMARTS) is 1. The van der Waals surface area contributed by atoms with Gasteiger partial charge in [0, 0.05) is 13.1 Å². The molecule has 0 aliphatic carbocycles. The number of carbonyl (C=O) groups is 2. The number of hydrogen-bond donors (Lipinski definition) is 2. The Balaban J connectivity index is 2.59. The van der Waals surface area contributed by atoms with E-state index in [1.807, 2.05) is 0 Å². The summed E-state index contributed by atoms with van der Waals surface area (Å²) < 4.78 is 0. The second kappa shape index (κ2) is 5.16. The number of hydrogen-bond acceptors (Lipinski definition) is 2. The number of carboxylic acids is 1. The topological polar surface area (TPSA) is 69.6 Å². The van der Waals surface area contributed by atoms with E-state index < -0.39 is 11.5 Å². The highest BCUT2D eigenvalue weighted by atomic mass is 16.4. The quantitative estimate of drug-likeness (QED) is 0.812. The first kappa shape index (κ1) is 14.8. The Morgan fingerprint density at radius 2 is 1.83 bits per heavy atom. The average Bonchev–Trinajstić information content (AvgIpc) is 2.28. The molecule has 0 saturated carbocycles. The molecule has 5 nitrogen and oxygen atoms in total. The summed E-state index contributed by atoms with van der Waals surface area (Å²) in [6, 6.07) is -0.266. The molecule has 104 valence electrons. The van der Waals surface area contributed by atoms with Crippen molar-refractivity contribution < 1.29 is 14.7 Å². The molecule has 0 aromatic heterocycles. The van der Waals surface area contributed by atoms with Crippen molar-refractivity contribution in [1.29, 1.82) is 0 Å². The number of carbonyl (C=O) groups excluding carboxylic acids is 1. The summed E-state index contributed by atoms with van der Waals surface area (Å²) in [4.78, 5) is 24.9. The van der Waals surface area contributed by atoms with Gasteiger partial charge in [-0.2, -0.15) is 0 Å². The smallest absolute Gasteiger partial charge is 0.329 e. The van der Waals surface area contributed by atoms with Crippen LogP contribution in [-0.2, 0) is 4.79 Å². The van der Waals surface area contributed by atoms with Crippen LogP contribution in [0, 0.1) is 5.41 Å². The van der Waals surface area contributed by atoms with E-state index in [1.54, 1.807) is 18.7 Å². The van der Waals surface area contributed by atoms with Gasteiger partial charge in [-0.05, 0) is 31.6 Å². The van der Waals surface area contributed by atoms with Gasteiger partial charge in [0.1, 0.15) is 5.54 Å². The van der Waals surface area contributed by atoms with E-state index in [9.17, 15) is 9.59 Å². The predicted octanol–water partition coefficient (Wildman–Crippen LogP) is 2.07. The average molecular weight is 256 g/mol. The summed E-state index contributed by atoms with van der Waals surface area (Å²) >= 11 is 0. The van der Waals surface area contributed by atoms with Crippen molar-refractivity contribution in [3.63, 3.8) is 0 Å². The van der Waals surface area contributed by atoms with Gasteiger partial charge in [0.25, 0.3) is 0 Å². The van der Waals surface area contributed by atoms with Crippen LogP contribution in [-0.4, -0.2) is 40.6 Å². The molecule has 1 aliphatic rings. The first-order valence-electron chi connectivity index (χ1n) is 6.51. The highest BCUT2D eigenvalue weighted by molar-refractivity contribution is 5.85. The molecule has 5 heteroatoms. The molecule has 0 aromatic carbocycles. The van der Waals surface area contributed by atoms with Crippen molar-refractivity contribution in [2.75, 3.05) is 13.1 Å². The first-order chi connectivity index (χ1) is 8.20. The number of aliphatic carboxylic acids is 1. The van der Waals surface area contributed by atoms with Gasteiger partial charge in [0.15, 0.2) is 0 Å². The summed E-state index contributed by atoms with van der Waals surface area (Å²) in [7, 11) is 0. The molecule has 2 N–H and O–H groups in total. The van der Waals surface area contributed by atoms with Crippen LogP contribution in [0.2, 0.25) is 0 Å². The van der Waals surface area contributed by atoms with E-state index in [-0.39, 0.29) is 11.4 Å². The molecule has 1 rings (SSSR count). The fourth-order valence-electron chi connectivity index (χ4n) is 1.92. The lowest BCUT2D eigenvalue weighted by atomic mass is 9.83. The van der Waals surface area contributed by atoms with Crippen LogP contribution in [0.25, 0.3) is 0 Å². The molecule has 1 unspecified atom stereocenters.